The lowest BCUT2D eigenvalue weighted by atomic mass is 10.1. The molecule has 3 rings (SSSR count). The number of aryl methyl sites for hydroxylation is 1. The zero-order valence-corrected chi connectivity index (χ0v) is 14.1. The highest BCUT2D eigenvalue weighted by molar-refractivity contribution is 5.58. The molecule has 0 amide bonds. The topological polar surface area (TPSA) is 17.8 Å². The second-order valence-corrected chi connectivity index (χ2v) is 5.92. The van der Waals surface area contributed by atoms with Gasteiger partial charge in [-0.1, -0.05) is 62.2 Å². The molecule has 1 heterocycles. The quantitative estimate of drug-likeness (QED) is 0.471. The van der Waals surface area contributed by atoms with Gasteiger partial charge in [0.05, 0.1) is 5.69 Å². The van der Waals surface area contributed by atoms with Gasteiger partial charge in [0.2, 0.25) is 0 Å². The zero-order valence-electron chi connectivity index (χ0n) is 14.1. The van der Waals surface area contributed by atoms with Crippen molar-refractivity contribution >= 4 is 0 Å². The van der Waals surface area contributed by atoms with Crippen LogP contribution in [-0.4, -0.2) is 9.55 Å². The molecule has 0 spiro atoms. The molecule has 0 aliphatic carbocycles. The molecule has 3 aromatic rings. The van der Waals surface area contributed by atoms with Crippen molar-refractivity contribution in [2.75, 3.05) is 0 Å². The third-order valence-electron chi connectivity index (χ3n) is 4.00. The highest BCUT2D eigenvalue weighted by Gasteiger charge is 1.99. The Morgan fingerprint density at radius 1 is 0.958 bits per heavy atom. The minimum atomic E-state index is 0.941. The smallest absolute Gasteiger partial charge is 0.107 e. The lowest BCUT2D eigenvalue weighted by Gasteiger charge is -2.00. The Morgan fingerprint density at radius 2 is 1.75 bits per heavy atom. The minimum Gasteiger partial charge on any atom is -0.264 e. The molecule has 2 nitrogen and oxygen atoms in total. The van der Waals surface area contributed by atoms with E-state index in [0.717, 1.165) is 23.2 Å². The van der Waals surface area contributed by atoms with Crippen LogP contribution in [0.3, 0.4) is 0 Å². The summed E-state index contributed by atoms with van der Waals surface area (Å²) in [5, 5.41) is 0. The molecule has 0 radical (unpaired) electrons. The van der Waals surface area contributed by atoms with Gasteiger partial charge in [0.25, 0.3) is 0 Å². The van der Waals surface area contributed by atoms with Gasteiger partial charge >= 0.3 is 0 Å². The van der Waals surface area contributed by atoms with Crippen LogP contribution in [0.15, 0.2) is 67.1 Å². The van der Waals surface area contributed by atoms with E-state index in [2.05, 4.69) is 60.3 Å². The van der Waals surface area contributed by atoms with Gasteiger partial charge in [-0.2, -0.15) is 0 Å². The first-order chi connectivity index (χ1) is 11.8. The molecule has 0 fully saturated rings. The molecule has 0 saturated carbocycles. The minimum absolute atomic E-state index is 0.941. The molecular formula is C22H22N2. The van der Waals surface area contributed by atoms with Crippen LogP contribution in [-0.2, 0) is 6.42 Å². The number of unbranched alkanes of at least 4 members (excludes halogenated alkanes) is 2. The van der Waals surface area contributed by atoms with Crippen LogP contribution in [0.1, 0.15) is 37.3 Å². The maximum absolute atomic E-state index is 4.42. The summed E-state index contributed by atoms with van der Waals surface area (Å²) in [5.41, 5.74) is 4.47. The van der Waals surface area contributed by atoms with Crippen LogP contribution >= 0.6 is 0 Å². The van der Waals surface area contributed by atoms with E-state index >= 15 is 0 Å². The van der Waals surface area contributed by atoms with Crippen molar-refractivity contribution in [2.24, 2.45) is 0 Å². The fraction of sp³-hybridized carbons (Fsp3) is 0.227. The number of nitrogens with zero attached hydrogens (tertiary/aromatic N) is 2. The molecule has 0 unspecified atom stereocenters. The van der Waals surface area contributed by atoms with Crippen molar-refractivity contribution in [3.63, 3.8) is 0 Å². The molecule has 120 valence electrons. The van der Waals surface area contributed by atoms with Crippen LogP contribution in [0, 0.1) is 12.0 Å². The summed E-state index contributed by atoms with van der Waals surface area (Å²) in [5.74, 6) is 3.19. The molecule has 1 aromatic heterocycles. The summed E-state index contributed by atoms with van der Waals surface area (Å²) in [4.78, 5) is 4.42. The predicted molar refractivity (Wildman–Crippen MR) is 99.6 cm³/mol. The Morgan fingerprint density at radius 3 is 2.50 bits per heavy atom. The fourth-order valence-electron chi connectivity index (χ4n) is 2.60. The van der Waals surface area contributed by atoms with Crippen LogP contribution in [0.2, 0.25) is 0 Å². The molecule has 0 aliphatic rings. The number of hydrogen-bond acceptors (Lipinski definition) is 1. The molecule has 0 saturated heterocycles. The summed E-state index contributed by atoms with van der Waals surface area (Å²) < 4.78 is 1.82. The molecule has 0 atom stereocenters. The first-order valence-electron chi connectivity index (χ1n) is 8.55. The van der Waals surface area contributed by atoms with Gasteiger partial charge in [0, 0.05) is 23.4 Å². The number of hydrogen-bond donors (Lipinski definition) is 0. The van der Waals surface area contributed by atoms with Crippen molar-refractivity contribution < 1.29 is 0 Å². The Kier molecular flexibility index (Phi) is 5.48. The normalized spacial score (nSPS) is 10.2. The van der Waals surface area contributed by atoms with E-state index in [4.69, 9.17) is 0 Å². The number of aromatic nitrogens is 2. The average Bonchev–Trinajstić information content (AvgIpc) is 3.11. The lowest BCUT2D eigenvalue weighted by molar-refractivity contribution is 0.717. The van der Waals surface area contributed by atoms with Crippen LogP contribution in [0.25, 0.3) is 11.3 Å². The Labute approximate surface area is 144 Å². The van der Waals surface area contributed by atoms with E-state index in [1.165, 1.54) is 24.8 Å². The van der Waals surface area contributed by atoms with E-state index < -0.39 is 0 Å². The molecule has 2 aromatic carbocycles. The molecular weight excluding hydrogens is 292 g/mol. The van der Waals surface area contributed by atoms with Crippen molar-refractivity contribution in [1.29, 1.82) is 0 Å². The number of rotatable bonds is 5. The van der Waals surface area contributed by atoms with Crippen molar-refractivity contribution in [3.05, 3.63) is 78.2 Å². The lowest BCUT2D eigenvalue weighted by Crippen LogP contribution is -1.86. The zero-order chi connectivity index (χ0) is 16.6. The maximum Gasteiger partial charge on any atom is 0.107 e. The molecule has 0 N–H and O–H groups in total. The second-order valence-electron chi connectivity index (χ2n) is 5.92. The second kappa shape index (κ2) is 8.17. The Hall–Kier alpha value is -2.79. The van der Waals surface area contributed by atoms with E-state index in [1.807, 2.05) is 29.0 Å². The van der Waals surface area contributed by atoms with Gasteiger partial charge in [-0.15, -0.1) is 0 Å². The summed E-state index contributed by atoms with van der Waals surface area (Å²) in [7, 11) is 0. The highest BCUT2D eigenvalue weighted by atomic mass is 15.0. The van der Waals surface area contributed by atoms with E-state index in [9.17, 15) is 0 Å². The van der Waals surface area contributed by atoms with Crippen LogP contribution < -0.4 is 0 Å². The monoisotopic (exact) mass is 314 g/mol. The maximum atomic E-state index is 4.42. The molecule has 0 bridgehead atoms. The summed E-state index contributed by atoms with van der Waals surface area (Å²) in [6, 6.07) is 21.8. The van der Waals surface area contributed by atoms with E-state index in [1.54, 1.807) is 6.33 Å². The predicted octanol–water partition coefficient (Wildman–Crippen LogP) is 5.14. The summed E-state index contributed by atoms with van der Waals surface area (Å²) >= 11 is 0. The molecule has 2 heteroatoms. The summed E-state index contributed by atoms with van der Waals surface area (Å²) in [6.45, 7) is 2.23. The van der Waals surface area contributed by atoms with E-state index in [0.29, 0.717) is 0 Å². The van der Waals surface area contributed by atoms with Gasteiger partial charge in [-0.3, -0.25) is 4.57 Å². The van der Waals surface area contributed by atoms with Gasteiger partial charge in [0.15, 0.2) is 0 Å². The van der Waals surface area contributed by atoms with Crippen molar-refractivity contribution in [3.8, 4) is 23.2 Å². The van der Waals surface area contributed by atoms with Gasteiger partial charge < -0.3 is 0 Å². The molecule has 0 aliphatic heterocycles. The van der Waals surface area contributed by atoms with Crippen molar-refractivity contribution in [2.45, 2.75) is 32.6 Å². The van der Waals surface area contributed by atoms with Crippen molar-refractivity contribution in [1.82, 2.24) is 9.55 Å². The average molecular weight is 314 g/mol. The largest absolute Gasteiger partial charge is 0.264 e. The third kappa shape index (κ3) is 4.36. The molecule has 24 heavy (non-hydrogen) atoms. The van der Waals surface area contributed by atoms with Gasteiger partial charge in [0.1, 0.15) is 6.33 Å². The van der Waals surface area contributed by atoms with Gasteiger partial charge in [-0.05, 0) is 36.5 Å². The Balaban J connectivity index is 1.66. The standard InChI is InChI=1S/C22H22N2/c1-2-3-5-8-19-11-13-20(14-12-19)15-16-24-17-22(23-18-24)21-9-6-4-7-10-21/h4,6-7,9-14,17-18H,2-3,5,8H2,1H3. The Bertz CT molecular complexity index is 818. The first-order valence-corrected chi connectivity index (χ1v) is 8.55. The first kappa shape index (κ1) is 16.1. The van der Waals surface area contributed by atoms with Crippen LogP contribution in [0.4, 0.5) is 0 Å². The fourth-order valence-corrected chi connectivity index (χ4v) is 2.60. The van der Waals surface area contributed by atoms with E-state index in [-0.39, 0.29) is 0 Å². The SMILES string of the molecule is CCCCCc1ccc(C#Cn2cnc(-c3ccccc3)c2)cc1. The third-order valence-corrected chi connectivity index (χ3v) is 4.00. The summed E-state index contributed by atoms with van der Waals surface area (Å²) in [6.07, 6.45) is 8.70. The van der Waals surface area contributed by atoms with Crippen LogP contribution in [0.5, 0.6) is 0 Å². The van der Waals surface area contributed by atoms with Gasteiger partial charge in [-0.25, -0.2) is 4.98 Å². The highest BCUT2D eigenvalue weighted by Crippen LogP contribution is 2.15. The number of imidazole rings is 1. The number of benzene rings is 2.